The molecule has 0 amide bonds. The molecule has 2 aromatic rings. The van der Waals surface area contributed by atoms with Crippen molar-refractivity contribution in [2.75, 3.05) is 12.8 Å². The van der Waals surface area contributed by atoms with Crippen molar-refractivity contribution in [3.63, 3.8) is 0 Å². The highest BCUT2D eigenvalue weighted by Crippen LogP contribution is 2.29. The van der Waals surface area contributed by atoms with Crippen molar-refractivity contribution in [3.05, 3.63) is 58.4 Å². The summed E-state index contributed by atoms with van der Waals surface area (Å²) in [6, 6.07) is 9.28. The number of aliphatic hydroxyl groups excluding tert-OH is 1. The fraction of sp³-hybridized carbons (Fsp3) is 0.318. The van der Waals surface area contributed by atoms with Gasteiger partial charge in [-0.3, -0.25) is 4.79 Å². The molecule has 0 spiro atoms. The van der Waals surface area contributed by atoms with Gasteiger partial charge in [-0.1, -0.05) is 30.0 Å². The first kappa shape index (κ1) is 22.7. The van der Waals surface area contributed by atoms with Crippen molar-refractivity contribution < 1.29 is 28.5 Å². The molecule has 2 N–H and O–H groups in total. The minimum absolute atomic E-state index is 0.121. The van der Waals surface area contributed by atoms with Crippen LogP contribution in [0.3, 0.4) is 0 Å². The summed E-state index contributed by atoms with van der Waals surface area (Å²) < 4.78 is 30.8. The Morgan fingerprint density at radius 3 is 2.48 bits per heavy atom. The zero-order valence-corrected chi connectivity index (χ0v) is 17.4. The monoisotopic (exact) mass is 417 g/mol. The smallest absolute Gasteiger partial charge is 0.481 e. The highest BCUT2D eigenvalue weighted by atomic mass is 31.1. The predicted molar refractivity (Wildman–Crippen MR) is 110 cm³/mol. The number of halogens is 1. The predicted octanol–water partition coefficient (Wildman–Crippen LogP) is 4.36. The summed E-state index contributed by atoms with van der Waals surface area (Å²) in [7, 11) is -2.21. The first-order chi connectivity index (χ1) is 13.7. The number of hydrogen-bond acceptors (Lipinski definition) is 4. The van der Waals surface area contributed by atoms with Crippen molar-refractivity contribution in [2.45, 2.75) is 33.3 Å². The second-order valence-corrected chi connectivity index (χ2v) is 8.05. The molecule has 0 aliphatic heterocycles. The molecule has 0 fully saturated rings. The fourth-order valence-corrected chi connectivity index (χ4v) is 3.68. The van der Waals surface area contributed by atoms with E-state index in [9.17, 15) is 18.9 Å². The molecule has 2 unspecified atom stereocenters. The molecule has 0 saturated heterocycles. The SMILES string of the molecule is Cc1cc(-c2cccc(C)c2C#CCO[P+](=O)CC(O)CC(=O)O)cc(C)c1F. The van der Waals surface area contributed by atoms with E-state index in [1.54, 1.807) is 26.0 Å². The summed E-state index contributed by atoms with van der Waals surface area (Å²) >= 11 is 0. The number of aliphatic hydroxyl groups is 1. The second kappa shape index (κ2) is 10.3. The number of carbonyl (C=O) groups is 1. The van der Waals surface area contributed by atoms with E-state index >= 15 is 0 Å². The summed E-state index contributed by atoms with van der Waals surface area (Å²) in [4.78, 5) is 10.5. The van der Waals surface area contributed by atoms with Crippen LogP contribution in [0.1, 0.15) is 28.7 Å². The number of carboxylic acids is 1. The van der Waals surface area contributed by atoms with E-state index in [1.165, 1.54) is 0 Å². The second-order valence-electron chi connectivity index (χ2n) is 6.76. The van der Waals surface area contributed by atoms with Crippen LogP contribution >= 0.6 is 8.03 Å². The average molecular weight is 417 g/mol. The van der Waals surface area contributed by atoms with Crippen molar-refractivity contribution in [1.82, 2.24) is 0 Å². The minimum Gasteiger partial charge on any atom is -0.481 e. The van der Waals surface area contributed by atoms with E-state index < -0.39 is 26.5 Å². The molecule has 152 valence electrons. The quantitative estimate of drug-likeness (QED) is 0.517. The molecule has 5 nitrogen and oxygen atoms in total. The van der Waals surface area contributed by atoms with Gasteiger partial charge in [-0.2, -0.15) is 0 Å². The van der Waals surface area contributed by atoms with Crippen molar-refractivity contribution >= 4 is 14.0 Å². The molecule has 0 heterocycles. The van der Waals surface area contributed by atoms with Crippen molar-refractivity contribution in [1.29, 1.82) is 0 Å². The van der Waals surface area contributed by atoms with Crippen LogP contribution in [0, 0.1) is 38.4 Å². The highest BCUT2D eigenvalue weighted by Gasteiger charge is 2.24. The summed E-state index contributed by atoms with van der Waals surface area (Å²) in [5.74, 6) is 4.44. The summed E-state index contributed by atoms with van der Waals surface area (Å²) in [6.45, 7) is 5.23. The lowest BCUT2D eigenvalue weighted by atomic mass is 9.94. The van der Waals surface area contributed by atoms with Crippen LogP contribution in [-0.2, 0) is 13.9 Å². The van der Waals surface area contributed by atoms with Gasteiger partial charge in [-0.05, 0) is 65.3 Å². The van der Waals surface area contributed by atoms with Gasteiger partial charge in [0.1, 0.15) is 11.9 Å². The third-order valence-electron chi connectivity index (χ3n) is 4.28. The Hall–Kier alpha value is -2.58. The number of benzene rings is 2. The summed E-state index contributed by atoms with van der Waals surface area (Å²) in [6.07, 6.45) is -1.97. The highest BCUT2D eigenvalue weighted by molar-refractivity contribution is 7.39. The van der Waals surface area contributed by atoms with Gasteiger partial charge in [0.15, 0.2) is 6.61 Å². The van der Waals surface area contributed by atoms with Gasteiger partial charge in [-0.15, -0.1) is 4.52 Å². The maximum absolute atomic E-state index is 14.0. The van der Waals surface area contributed by atoms with Crippen molar-refractivity contribution in [2.24, 2.45) is 0 Å². The molecule has 0 radical (unpaired) electrons. The number of aliphatic carboxylic acids is 1. The molecule has 0 aliphatic carbocycles. The zero-order valence-electron chi connectivity index (χ0n) is 16.5. The first-order valence-corrected chi connectivity index (χ1v) is 10.4. The number of rotatable bonds is 7. The van der Waals surface area contributed by atoms with Gasteiger partial charge in [0.25, 0.3) is 0 Å². The minimum atomic E-state index is -2.21. The molecule has 0 saturated carbocycles. The molecule has 7 heteroatoms. The Labute approximate surface area is 170 Å². The van der Waals surface area contributed by atoms with E-state index in [1.807, 2.05) is 25.1 Å². The van der Waals surface area contributed by atoms with E-state index in [0.29, 0.717) is 11.1 Å². The maximum Gasteiger partial charge on any atom is 0.511 e. The molecule has 2 rings (SSSR count). The van der Waals surface area contributed by atoms with Crippen LogP contribution in [0.15, 0.2) is 30.3 Å². The Bertz CT molecular complexity index is 967. The number of aryl methyl sites for hydroxylation is 3. The number of carboxylic acid groups (broad SMARTS) is 1. The topological polar surface area (TPSA) is 83.8 Å². The average Bonchev–Trinajstić information content (AvgIpc) is 2.63. The van der Waals surface area contributed by atoms with Gasteiger partial charge in [0.05, 0.1) is 6.42 Å². The molecule has 2 aromatic carbocycles. The van der Waals surface area contributed by atoms with Gasteiger partial charge in [0.2, 0.25) is 6.16 Å². The Kier molecular flexibility index (Phi) is 8.04. The largest absolute Gasteiger partial charge is 0.511 e. The fourth-order valence-electron chi connectivity index (χ4n) is 2.90. The van der Waals surface area contributed by atoms with Crippen LogP contribution < -0.4 is 0 Å². The van der Waals surface area contributed by atoms with Crippen LogP contribution in [-0.4, -0.2) is 35.1 Å². The van der Waals surface area contributed by atoms with Gasteiger partial charge < -0.3 is 10.2 Å². The summed E-state index contributed by atoms with van der Waals surface area (Å²) in [5, 5.41) is 18.1. The number of hydrogen-bond donors (Lipinski definition) is 2. The zero-order chi connectivity index (χ0) is 21.6. The Morgan fingerprint density at radius 1 is 1.21 bits per heavy atom. The molecule has 0 bridgehead atoms. The van der Waals surface area contributed by atoms with E-state index in [4.69, 9.17) is 9.63 Å². The lowest BCUT2D eigenvalue weighted by molar-refractivity contribution is -0.138. The molecule has 2 atom stereocenters. The van der Waals surface area contributed by atoms with Crippen molar-refractivity contribution in [3.8, 4) is 23.0 Å². The molecular weight excluding hydrogens is 394 g/mol. The maximum atomic E-state index is 14.0. The van der Waals surface area contributed by atoms with E-state index in [2.05, 4.69) is 11.8 Å². The van der Waals surface area contributed by atoms with Crippen LogP contribution in [0.25, 0.3) is 11.1 Å². The Balaban J connectivity index is 2.15. The van der Waals surface area contributed by atoms with Gasteiger partial charge in [0, 0.05) is 5.56 Å². The van der Waals surface area contributed by atoms with Crippen LogP contribution in [0.5, 0.6) is 0 Å². The molecule has 0 aromatic heterocycles. The molecular formula is C22H23FO5P+. The van der Waals surface area contributed by atoms with E-state index in [0.717, 1.165) is 22.3 Å². The lowest BCUT2D eigenvalue weighted by Gasteiger charge is -2.11. The van der Waals surface area contributed by atoms with Gasteiger partial charge in [-0.25, -0.2) is 4.39 Å². The summed E-state index contributed by atoms with van der Waals surface area (Å²) in [5.41, 5.74) is 4.54. The standard InChI is InChI=1S/C22H22FO5P/c1-14-6-4-7-20(17-10-15(2)22(23)16(3)11-17)19(14)8-5-9-28-29(27)13-18(24)12-21(25)26/h4,6-7,10-11,18,24H,9,12-13H2,1-3H3/p+1. The van der Waals surface area contributed by atoms with Gasteiger partial charge >= 0.3 is 14.0 Å². The Morgan fingerprint density at radius 2 is 1.86 bits per heavy atom. The van der Waals surface area contributed by atoms with Crippen LogP contribution in [0.4, 0.5) is 4.39 Å². The van der Waals surface area contributed by atoms with E-state index in [-0.39, 0.29) is 18.6 Å². The molecule has 0 aliphatic rings. The van der Waals surface area contributed by atoms with Crippen LogP contribution in [0.2, 0.25) is 0 Å². The third kappa shape index (κ3) is 6.47. The molecule has 29 heavy (non-hydrogen) atoms. The lowest BCUT2D eigenvalue weighted by Crippen LogP contribution is -2.15. The first-order valence-electron chi connectivity index (χ1n) is 9.02. The normalized spacial score (nSPS) is 12.1. The third-order valence-corrected chi connectivity index (χ3v) is 5.42.